The van der Waals surface area contributed by atoms with Gasteiger partial charge in [-0.05, 0) is 67.8 Å². The molecule has 0 aliphatic rings. The number of benzene rings is 2. The van der Waals surface area contributed by atoms with Crippen molar-refractivity contribution in [3.8, 4) is 11.3 Å². The number of amides is 1. The van der Waals surface area contributed by atoms with E-state index in [0.717, 1.165) is 33.7 Å². The predicted octanol–water partition coefficient (Wildman–Crippen LogP) is 5.18. The lowest BCUT2D eigenvalue weighted by molar-refractivity contribution is 0.102. The first-order valence-corrected chi connectivity index (χ1v) is 8.94. The fourth-order valence-corrected chi connectivity index (χ4v) is 3.10. The Hall–Kier alpha value is -3.40. The maximum absolute atomic E-state index is 12.5. The molecule has 1 N–H and O–H groups in total. The van der Waals surface area contributed by atoms with Crippen LogP contribution in [0.5, 0.6) is 0 Å². The van der Waals surface area contributed by atoms with Crippen molar-refractivity contribution in [1.29, 1.82) is 0 Å². The Bertz CT molecular complexity index is 1140. The first-order chi connectivity index (χ1) is 13.0. The highest BCUT2D eigenvalue weighted by atomic mass is 16.1. The Kier molecular flexibility index (Phi) is 4.24. The van der Waals surface area contributed by atoms with Gasteiger partial charge in [-0.2, -0.15) is 0 Å². The van der Waals surface area contributed by atoms with Crippen LogP contribution in [0.25, 0.3) is 16.9 Å². The molecule has 134 valence electrons. The molecular formula is C23H21N3O. The van der Waals surface area contributed by atoms with Gasteiger partial charge in [0.1, 0.15) is 5.65 Å². The maximum atomic E-state index is 12.5. The number of hydrogen-bond acceptors (Lipinski definition) is 2. The highest BCUT2D eigenvalue weighted by Crippen LogP contribution is 2.23. The molecule has 2 aromatic carbocycles. The zero-order chi connectivity index (χ0) is 19.0. The van der Waals surface area contributed by atoms with Gasteiger partial charge in [-0.1, -0.05) is 24.3 Å². The summed E-state index contributed by atoms with van der Waals surface area (Å²) < 4.78 is 2.03. The average Bonchev–Trinajstić information content (AvgIpc) is 3.10. The van der Waals surface area contributed by atoms with Crippen LogP contribution < -0.4 is 5.32 Å². The number of aryl methyl sites for hydroxylation is 3. The summed E-state index contributed by atoms with van der Waals surface area (Å²) in [6.45, 7) is 6.10. The second kappa shape index (κ2) is 6.72. The van der Waals surface area contributed by atoms with Crippen molar-refractivity contribution in [1.82, 2.24) is 9.38 Å². The minimum Gasteiger partial charge on any atom is -0.322 e. The highest BCUT2D eigenvalue weighted by Gasteiger charge is 2.09. The Morgan fingerprint density at radius 1 is 0.926 bits per heavy atom. The lowest BCUT2D eigenvalue weighted by Gasteiger charge is -2.08. The predicted molar refractivity (Wildman–Crippen MR) is 109 cm³/mol. The summed E-state index contributed by atoms with van der Waals surface area (Å²) in [4.78, 5) is 17.2. The van der Waals surface area contributed by atoms with Gasteiger partial charge in [0.25, 0.3) is 5.91 Å². The van der Waals surface area contributed by atoms with Gasteiger partial charge in [0, 0.05) is 29.2 Å². The van der Waals surface area contributed by atoms with E-state index < -0.39 is 0 Å². The van der Waals surface area contributed by atoms with Crippen molar-refractivity contribution < 1.29 is 4.79 Å². The van der Waals surface area contributed by atoms with E-state index >= 15 is 0 Å². The van der Waals surface area contributed by atoms with E-state index in [1.165, 1.54) is 5.56 Å². The number of carbonyl (C=O) groups is 1. The minimum atomic E-state index is -0.103. The summed E-state index contributed by atoms with van der Waals surface area (Å²) in [6, 6.07) is 17.6. The van der Waals surface area contributed by atoms with Gasteiger partial charge in [-0.15, -0.1) is 0 Å². The number of anilines is 1. The Labute approximate surface area is 158 Å². The zero-order valence-corrected chi connectivity index (χ0v) is 15.7. The third-order valence-corrected chi connectivity index (χ3v) is 4.89. The lowest BCUT2D eigenvalue weighted by atomic mass is 10.1. The molecule has 0 radical (unpaired) electrons. The van der Waals surface area contributed by atoms with Crippen molar-refractivity contribution in [2.45, 2.75) is 20.8 Å². The van der Waals surface area contributed by atoms with Crippen molar-refractivity contribution in [3.63, 3.8) is 0 Å². The number of fused-ring (bicyclic) bond motifs is 1. The second-order valence-corrected chi connectivity index (χ2v) is 6.88. The summed E-state index contributed by atoms with van der Waals surface area (Å²) in [5, 5.41) is 2.95. The number of pyridine rings is 1. The van der Waals surface area contributed by atoms with E-state index in [2.05, 4.69) is 18.3 Å². The fraction of sp³-hybridized carbons (Fsp3) is 0.130. The molecule has 0 atom stereocenters. The summed E-state index contributed by atoms with van der Waals surface area (Å²) in [5.41, 5.74) is 7.75. The number of hydrogen-bond donors (Lipinski definition) is 1. The number of imidazole rings is 1. The number of aromatic nitrogens is 2. The highest BCUT2D eigenvalue weighted by molar-refractivity contribution is 6.04. The van der Waals surface area contributed by atoms with Crippen molar-refractivity contribution >= 4 is 17.2 Å². The Morgan fingerprint density at radius 2 is 1.70 bits per heavy atom. The van der Waals surface area contributed by atoms with Crippen LogP contribution in [0.15, 0.2) is 67.0 Å². The Morgan fingerprint density at radius 3 is 2.41 bits per heavy atom. The summed E-state index contributed by atoms with van der Waals surface area (Å²) in [5.74, 6) is -0.103. The molecule has 0 unspecified atom stereocenters. The zero-order valence-electron chi connectivity index (χ0n) is 15.7. The summed E-state index contributed by atoms with van der Waals surface area (Å²) in [6.07, 6.45) is 4.02. The van der Waals surface area contributed by atoms with E-state index in [1.54, 1.807) is 0 Å². The van der Waals surface area contributed by atoms with Crippen LogP contribution in [0.3, 0.4) is 0 Å². The van der Waals surface area contributed by atoms with Crippen LogP contribution in [-0.2, 0) is 0 Å². The summed E-state index contributed by atoms with van der Waals surface area (Å²) in [7, 11) is 0. The van der Waals surface area contributed by atoms with Gasteiger partial charge in [0.15, 0.2) is 0 Å². The normalized spacial score (nSPS) is 10.9. The van der Waals surface area contributed by atoms with Gasteiger partial charge in [-0.25, -0.2) is 4.98 Å². The van der Waals surface area contributed by atoms with E-state index in [0.29, 0.717) is 5.56 Å². The molecule has 4 rings (SSSR count). The second-order valence-electron chi connectivity index (χ2n) is 6.88. The molecule has 0 bridgehead atoms. The molecule has 0 saturated heterocycles. The van der Waals surface area contributed by atoms with Crippen LogP contribution in [0.1, 0.15) is 27.0 Å². The van der Waals surface area contributed by atoms with Crippen molar-refractivity contribution in [2.75, 3.05) is 5.32 Å². The Balaban J connectivity index is 1.55. The maximum Gasteiger partial charge on any atom is 0.255 e. The number of nitrogens with one attached hydrogen (secondary N) is 1. The number of carbonyl (C=O) groups excluding carboxylic acids is 1. The van der Waals surface area contributed by atoms with Gasteiger partial charge >= 0.3 is 0 Å². The average molecular weight is 355 g/mol. The van der Waals surface area contributed by atoms with Crippen LogP contribution in [0.4, 0.5) is 5.69 Å². The number of nitrogens with zero attached hydrogens (tertiary/aromatic N) is 2. The molecule has 2 aromatic heterocycles. The molecule has 0 spiro atoms. The minimum absolute atomic E-state index is 0.103. The molecule has 4 heteroatoms. The standard InChI is InChI=1S/C23H21N3O/c1-15-6-7-19(13-17(15)3)23(27)24-20-10-8-18(9-11-20)21-14-26-12-4-5-16(2)22(26)25-21/h4-14H,1-3H3,(H,24,27). The van der Waals surface area contributed by atoms with Gasteiger partial charge in [-0.3, -0.25) is 4.79 Å². The lowest BCUT2D eigenvalue weighted by Crippen LogP contribution is -2.12. The van der Waals surface area contributed by atoms with E-state index in [-0.39, 0.29) is 5.91 Å². The molecule has 0 aliphatic carbocycles. The van der Waals surface area contributed by atoms with Crippen LogP contribution in [0.2, 0.25) is 0 Å². The molecule has 0 saturated carbocycles. The molecule has 27 heavy (non-hydrogen) atoms. The van der Waals surface area contributed by atoms with Crippen molar-refractivity contribution in [2.24, 2.45) is 0 Å². The van der Waals surface area contributed by atoms with E-state index in [4.69, 9.17) is 4.98 Å². The molecule has 4 nitrogen and oxygen atoms in total. The monoisotopic (exact) mass is 355 g/mol. The van der Waals surface area contributed by atoms with Gasteiger partial charge < -0.3 is 9.72 Å². The number of rotatable bonds is 3. The largest absolute Gasteiger partial charge is 0.322 e. The van der Waals surface area contributed by atoms with Gasteiger partial charge in [0.05, 0.1) is 5.69 Å². The van der Waals surface area contributed by atoms with Crippen LogP contribution in [0, 0.1) is 20.8 Å². The molecule has 4 aromatic rings. The quantitative estimate of drug-likeness (QED) is 0.550. The molecule has 1 amide bonds. The summed E-state index contributed by atoms with van der Waals surface area (Å²) >= 11 is 0. The van der Waals surface area contributed by atoms with E-state index in [9.17, 15) is 4.79 Å². The van der Waals surface area contributed by atoms with E-state index in [1.807, 2.05) is 79.2 Å². The topological polar surface area (TPSA) is 46.4 Å². The third kappa shape index (κ3) is 3.34. The molecular weight excluding hydrogens is 334 g/mol. The molecule has 2 heterocycles. The van der Waals surface area contributed by atoms with Gasteiger partial charge in [0.2, 0.25) is 0 Å². The molecule has 0 fully saturated rings. The SMILES string of the molecule is Cc1ccc(C(=O)Nc2ccc(-c3cn4cccc(C)c4n3)cc2)cc1C. The molecule has 0 aliphatic heterocycles. The fourth-order valence-electron chi connectivity index (χ4n) is 3.10. The van der Waals surface area contributed by atoms with Crippen molar-refractivity contribution in [3.05, 3.63) is 89.2 Å². The first kappa shape index (κ1) is 17.0. The van der Waals surface area contributed by atoms with Crippen LogP contribution in [-0.4, -0.2) is 15.3 Å². The first-order valence-electron chi connectivity index (χ1n) is 8.94. The third-order valence-electron chi connectivity index (χ3n) is 4.89. The smallest absolute Gasteiger partial charge is 0.255 e. The van der Waals surface area contributed by atoms with Crippen LogP contribution >= 0.6 is 0 Å².